The average Bonchev–Trinajstić information content (AvgIpc) is 2.23. The number of ether oxygens (including phenoxy) is 1. The molecule has 1 fully saturated rings. The molecule has 2 N–H and O–H groups in total. The average molecular weight is 222 g/mol. The molecule has 5 heteroatoms. The number of carboxylic acid groups (broad SMARTS) is 1. The number of hydrogen-bond acceptors (Lipinski definition) is 4. The van der Waals surface area contributed by atoms with Gasteiger partial charge in [0.05, 0.1) is 18.6 Å². The van der Waals surface area contributed by atoms with Crippen molar-refractivity contribution >= 4 is 5.97 Å². The van der Waals surface area contributed by atoms with Crippen LogP contribution in [0.5, 0.6) is 0 Å². The zero-order chi connectivity index (χ0) is 11.6. The van der Waals surface area contributed by atoms with Crippen LogP contribution in [-0.2, 0) is 14.9 Å². The smallest absolute Gasteiger partial charge is 0.321 e. The van der Waals surface area contributed by atoms with Crippen LogP contribution in [0, 0.1) is 0 Å². The summed E-state index contributed by atoms with van der Waals surface area (Å²) in [4.78, 5) is 15.1. The van der Waals surface area contributed by atoms with Gasteiger partial charge >= 0.3 is 5.97 Å². The van der Waals surface area contributed by atoms with Crippen molar-refractivity contribution in [1.82, 2.24) is 10.3 Å². The third kappa shape index (κ3) is 1.58. The highest BCUT2D eigenvalue weighted by Gasteiger charge is 2.50. The Morgan fingerprint density at radius 3 is 2.56 bits per heavy atom. The van der Waals surface area contributed by atoms with E-state index < -0.39 is 17.4 Å². The molecule has 0 radical (unpaired) electrons. The normalized spacial score (nSPS) is 19.8. The van der Waals surface area contributed by atoms with Gasteiger partial charge in [-0.25, -0.2) is 0 Å². The standard InChI is InChI=1S/C11H14N2O3/c1-12-9(10(14)15)11(6-16-7-11)8-2-4-13-5-3-8/h2-5,9,12H,6-7H2,1H3,(H,14,15). The van der Waals surface area contributed by atoms with Gasteiger partial charge in [0.2, 0.25) is 0 Å². The van der Waals surface area contributed by atoms with Crippen molar-refractivity contribution in [2.24, 2.45) is 0 Å². The van der Waals surface area contributed by atoms with E-state index in [-0.39, 0.29) is 0 Å². The van der Waals surface area contributed by atoms with Crippen LogP contribution >= 0.6 is 0 Å². The number of carbonyl (C=O) groups is 1. The van der Waals surface area contributed by atoms with E-state index in [9.17, 15) is 9.90 Å². The van der Waals surface area contributed by atoms with Gasteiger partial charge in [-0.1, -0.05) is 0 Å². The maximum absolute atomic E-state index is 11.2. The van der Waals surface area contributed by atoms with Gasteiger partial charge in [-0.3, -0.25) is 9.78 Å². The molecule has 0 bridgehead atoms. The van der Waals surface area contributed by atoms with E-state index in [4.69, 9.17) is 4.74 Å². The molecule has 1 unspecified atom stereocenters. The highest BCUT2D eigenvalue weighted by atomic mass is 16.5. The van der Waals surface area contributed by atoms with E-state index in [1.165, 1.54) is 0 Å². The summed E-state index contributed by atoms with van der Waals surface area (Å²) in [5.41, 5.74) is 0.485. The van der Waals surface area contributed by atoms with Crippen LogP contribution in [0.3, 0.4) is 0 Å². The van der Waals surface area contributed by atoms with Gasteiger partial charge in [0.15, 0.2) is 0 Å². The van der Waals surface area contributed by atoms with Gasteiger partial charge < -0.3 is 15.2 Å². The Bertz CT molecular complexity index is 376. The Morgan fingerprint density at radius 2 is 2.19 bits per heavy atom. The third-order valence-corrected chi connectivity index (χ3v) is 3.06. The Hall–Kier alpha value is -1.46. The lowest BCUT2D eigenvalue weighted by molar-refractivity contribution is -0.150. The lowest BCUT2D eigenvalue weighted by Gasteiger charge is -2.45. The van der Waals surface area contributed by atoms with Crippen molar-refractivity contribution in [3.8, 4) is 0 Å². The van der Waals surface area contributed by atoms with E-state index in [1.54, 1.807) is 19.4 Å². The number of aliphatic carboxylic acids is 1. The monoisotopic (exact) mass is 222 g/mol. The second-order valence-electron chi connectivity index (χ2n) is 3.94. The Kier molecular flexibility index (Phi) is 2.89. The molecule has 2 heterocycles. The molecule has 0 aromatic carbocycles. The van der Waals surface area contributed by atoms with Crippen LogP contribution in [0.1, 0.15) is 5.56 Å². The quantitative estimate of drug-likeness (QED) is 0.751. The molecule has 1 saturated heterocycles. The maximum atomic E-state index is 11.2. The van der Waals surface area contributed by atoms with Crippen LogP contribution in [0.2, 0.25) is 0 Å². The number of pyridine rings is 1. The number of nitrogens with one attached hydrogen (secondary N) is 1. The topological polar surface area (TPSA) is 71.5 Å². The molecule has 86 valence electrons. The molecule has 0 saturated carbocycles. The summed E-state index contributed by atoms with van der Waals surface area (Å²) in [6.07, 6.45) is 3.34. The van der Waals surface area contributed by atoms with Gasteiger partial charge in [0, 0.05) is 12.4 Å². The summed E-state index contributed by atoms with van der Waals surface area (Å²) in [6.45, 7) is 0.851. The minimum absolute atomic E-state index is 0.425. The molecule has 1 aliphatic rings. The molecule has 1 aliphatic heterocycles. The molecular formula is C11H14N2O3. The fraction of sp³-hybridized carbons (Fsp3) is 0.455. The first-order chi connectivity index (χ1) is 7.70. The minimum atomic E-state index is -0.859. The number of likely N-dealkylation sites (N-methyl/N-ethyl adjacent to an activating group) is 1. The number of nitrogens with zero attached hydrogens (tertiary/aromatic N) is 1. The van der Waals surface area contributed by atoms with Gasteiger partial charge in [-0.2, -0.15) is 0 Å². The molecule has 0 amide bonds. The maximum Gasteiger partial charge on any atom is 0.321 e. The first-order valence-corrected chi connectivity index (χ1v) is 5.09. The SMILES string of the molecule is CNC(C(=O)O)C1(c2ccncc2)COC1. The van der Waals surface area contributed by atoms with Crippen molar-refractivity contribution in [3.63, 3.8) is 0 Å². The van der Waals surface area contributed by atoms with E-state index in [2.05, 4.69) is 10.3 Å². The second kappa shape index (κ2) is 4.19. The van der Waals surface area contributed by atoms with Crippen molar-refractivity contribution in [2.45, 2.75) is 11.5 Å². The van der Waals surface area contributed by atoms with Crippen molar-refractivity contribution in [2.75, 3.05) is 20.3 Å². The fourth-order valence-corrected chi connectivity index (χ4v) is 2.14. The van der Waals surface area contributed by atoms with Gasteiger partial charge in [0.1, 0.15) is 6.04 Å². The Labute approximate surface area is 93.5 Å². The first kappa shape index (κ1) is 11.0. The highest BCUT2D eigenvalue weighted by molar-refractivity contribution is 5.76. The number of hydrogen-bond donors (Lipinski definition) is 2. The van der Waals surface area contributed by atoms with E-state index in [0.29, 0.717) is 13.2 Å². The van der Waals surface area contributed by atoms with Crippen molar-refractivity contribution in [3.05, 3.63) is 30.1 Å². The van der Waals surface area contributed by atoms with Crippen LogP contribution in [-0.4, -0.2) is 42.4 Å². The summed E-state index contributed by atoms with van der Waals surface area (Å²) in [5, 5.41) is 12.0. The molecule has 0 spiro atoms. The molecule has 1 aromatic rings. The van der Waals surface area contributed by atoms with Crippen molar-refractivity contribution < 1.29 is 14.6 Å². The summed E-state index contributed by atoms with van der Waals surface area (Å²) in [6, 6.07) is 3.05. The zero-order valence-corrected chi connectivity index (χ0v) is 9.01. The fourth-order valence-electron chi connectivity index (χ4n) is 2.14. The highest BCUT2D eigenvalue weighted by Crippen LogP contribution is 2.35. The summed E-state index contributed by atoms with van der Waals surface area (Å²) >= 11 is 0. The summed E-state index contributed by atoms with van der Waals surface area (Å²) in [7, 11) is 1.65. The largest absolute Gasteiger partial charge is 0.480 e. The number of carboxylic acids is 1. The van der Waals surface area contributed by atoms with Gasteiger partial charge in [-0.15, -0.1) is 0 Å². The van der Waals surface area contributed by atoms with Crippen LogP contribution in [0.15, 0.2) is 24.5 Å². The minimum Gasteiger partial charge on any atom is -0.480 e. The second-order valence-corrected chi connectivity index (χ2v) is 3.94. The predicted molar refractivity (Wildman–Crippen MR) is 57.2 cm³/mol. The molecule has 16 heavy (non-hydrogen) atoms. The third-order valence-electron chi connectivity index (χ3n) is 3.06. The van der Waals surface area contributed by atoms with Gasteiger partial charge in [-0.05, 0) is 24.7 Å². The lowest BCUT2D eigenvalue weighted by Crippen LogP contribution is -2.62. The Morgan fingerprint density at radius 1 is 1.56 bits per heavy atom. The summed E-state index contributed by atoms with van der Waals surface area (Å²) < 4.78 is 5.20. The van der Waals surface area contributed by atoms with Crippen LogP contribution < -0.4 is 5.32 Å². The molecule has 0 aliphatic carbocycles. The van der Waals surface area contributed by atoms with E-state index >= 15 is 0 Å². The van der Waals surface area contributed by atoms with Gasteiger partial charge in [0.25, 0.3) is 0 Å². The van der Waals surface area contributed by atoms with E-state index in [1.807, 2.05) is 12.1 Å². The van der Waals surface area contributed by atoms with Crippen LogP contribution in [0.4, 0.5) is 0 Å². The first-order valence-electron chi connectivity index (χ1n) is 5.09. The number of aromatic nitrogens is 1. The molecule has 2 rings (SSSR count). The van der Waals surface area contributed by atoms with E-state index in [0.717, 1.165) is 5.56 Å². The zero-order valence-electron chi connectivity index (χ0n) is 9.01. The predicted octanol–water partition coefficient (Wildman–Crippen LogP) is 0.0222. The Balaban J connectivity index is 2.36. The van der Waals surface area contributed by atoms with Crippen molar-refractivity contribution in [1.29, 1.82) is 0 Å². The lowest BCUT2D eigenvalue weighted by atomic mass is 9.72. The number of rotatable bonds is 4. The molecule has 5 nitrogen and oxygen atoms in total. The molecule has 1 aromatic heterocycles. The molecular weight excluding hydrogens is 208 g/mol. The molecule has 1 atom stereocenters. The summed E-state index contributed by atoms with van der Waals surface area (Å²) in [5.74, 6) is -0.859. The van der Waals surface area contributed by atoms with Crippen LogP contribution in [0.25, 0.3) is 0 Å².